The molecule has 0 spiro atoms. The molecule has 0 bridgehead atoms. The van der Waals surface area contributed by atoms with Crippen LogP contribution < -0.4 is 5.32 Å². The first-order valence-corrected chi connectivity index (χ1v) is 7.78. The summed E-state index contributed by atoms with van der Waals surface area (Å²) in [4.78, 5) is 2.30. The molecule has 1 atom stereocenters. The maximum Gasteiger partial charge on any atom is 0.118 e. The molecule has 20 heavy (non-hydrogen) atoms. The van der Waals surface area contributed by atoms with Gasteiger partial charge in [-0.3, -0.25) is 4.90 Å². The molecular weight excluding hydrogens is 252 g/mol. The van der Waals surface area contributed by atoms with E-state index in [1.807, 2.05) is 6.92 Å². The van der Waals surface area contributed by atoms with Crippen LogP contribution in [-0.4, -0.2) is 37.7 Å². The number of likely N-dealkylation sites (N-methyl/N-ethyl adjacent to an activating group) is 1. The summed E-state index contributed by atoms with van der Waals surface area (Å²) in [7, 11) is 2.14. The first-order chi connectivity index (χ1) is 9.69. The van der Waals surface area contributed by atoms with Gasteiger partial charge in [0.05, 0.1) is 12.6 Å². The molecule has 1 saturated heterocycles. The molecule has 1 aromatic rings. The minimum Gasteiger partial charge on any atom is -0.465 e. The molecule has 0 amide bonds. The van der Waals surface area contributed by atoms with Crippen LogP contribution >= 0.6 is 0 Å². The van der Waals surface area contributed by atoms with Gasteiger partial charge >= 0.3 is 0 Å². The molecule has 114 valence electrons. The summed E-state index contributed by atoms with van der Waals surface area (Å²) in [6.45, 7) is 8.80. The highest BCUT2D eigenvalue weighted by molar-refractivity contribution is 5.20. The van der Waals surface area contributed by atoms with Gasteiger partial charge in [-0.05, 0) is 45.8 Å². The van der Waals surface area contributed by atoms with Crippen molar-refractivity contribution in [3.8, 4) is 0 Å². The van der Waals surface area contributed by atoms with E-state index < -0.39 is 0 Å². The molecule has 2 rings (SSSR count). The van der Waals surface area contributed by atoms with Gasteiger partial charge in [0, 0.05) is 25.3 Å². The topological polar surface area (TPSA) is 37.6 Å². The minimum absolute atomic E-state index is 0.394. The molecule has 1 aliphatic heterocycles. The third-order valence-corrected chi connectivity index (χ3v) is 3.85. The van der Waals surface area contributed by atoms with Gasteiger partial charge in [0.2, 0.25) is 0 Å². The SMILES string of the molecule is CCNCc1cc(CN(C)CC2CCCCO2)oc1C. The Morgan fingerprint density at radius 3 is 2.95 bits per heavy atom. The molecule has 1 aliphatic rings. The predicted molar refractivity (Wildman–Crippen MR) is 80.8 cm³/mol. The van der Waals surface area contributed by atoms with Crippen LogP contribution in [0, 0.1) is 6.92 Å². The van der Waals surface area contributed by atoms with Gasteiger partial charge in [-0.15, -0.1) is 0 Å². The molecule has 0 aromatic carbocycles. The van der Waals surface area contributed by atoms with Crippen LogP contribution in [0.5, 0.6) is 0 Å². The Kier molecular flexibility index (Phi) is 6.07. The standard InChI is InChI=1S/C16H28N2O2/c1-4-17-10-14-9-16(20-13(14)2)12-18(3)11-15-7-5-6-8-19-15/h9,15,17H,4-8,10-12H2,1-3H3. The fraction of sp³-hybridized carbons (Fsp3) is 0.750. The third kappa shape index (κ3) is 4.62. The number of nitrogens with zero attached hydrogens (tertiary/aromatic N) is 1. The van der Waals surface area contributed by atoms with Crippen molar-refractivity contribution in [3.63, 3.8) is 0 Å². The molecule has 0 saturated carbocycles. The smallest absolute Gasteiger partial charge is 0.118 e. The highest BCUT2D eigenvalue weighted by Crippen LogP contribution is 2.18. The van der Waals surface area contributed by atoms with E-state index in [9.17, 15) is 0 Å². The Morgan fingerprint density at radius 2 is 2.25 bits per heavy atom. The number of ether oxygens (including phenoxy) is 1. The van der Waals surface area contributed by atoms with E-state index in [4.69, 9.17) is 9.15 Å². The molecular formula is C16H28N2O2. The van der Waals surface area contributed by atoms with Crippen LogP contribution in [0.1, 0.15) is 43.3 Å². The van der Waals surface area contributed by atoms with Crippen molar-refractivity contribution in [1.29, 1.82) is 0 Å². The highest BCUT2D eigenvalue weighted by Gasteiger charge is 2.17. The second-order valence-electron chi connectivity index (χ2n) is 5.76. The Bertz CT molecular complexity index is 397. The zero-order chi connectivity index (χ0) is 14.4. The van der Waals surface area contributed by atoms with E-state index in [1.165, 1.54) is 24.8 Å². The summed E-state index contributed by atoms with van der Waals surface area (Å²) < 4.78 is 11.6. The lowest BCUT2D eigenvalue weighted by Gasteiger charge is -2.26. The first-order valence-electron chi connectivity index (χ1n) is 7.78. The van der Waals surface area contributed by atoms with Crippen LogP contribution in [0.2, 0.25) is 0 Å². The van der Waals surface area contributed by atoms with Crippen LogP contribution in [0.3, 0.4) is 0 Å². The first kappa shape index (κ1) is 15.5. The van der Waals surface area contributed by atoms with Crippen molar-refractivity contribution in [3.05, 3.63) is 23.2 Å². The summed E-state index contributed by atoms with van der Waals surface area (Å²) in [6.07, 6.45) is 4.09. The molecule has 0 radical (unpaired) electrons. The molecule has 1 fully saturated rings. The second kappa shape index (κ2) is 7.81. The number of nitrogens with one attached hydrogen (secondary N) is 1. The summed E-state index contributed by atoms with van der Waals surface area (Å²) in [5.41, 5.74) is 1.27. The molecule has 1 N–H and O–H groups in total. The predicted octanol–water partition coefficient (Wildman–Crippen LogP) is 2.70. The lowest BCUT2D eigenvalue weighted by molar-refractivity contribution is -0.00340. The second-order valence-corrected chi connectivity index (χ2v) is 5.76. The monoisotopic (exact) mass is 280 g/mol. The van der Waals surface area contributed by atoms with Crippen molar-refractivity contribution in [2.75, 3.05) is 26.7 Å². The quantitative estimate of drug-likeness (QED) is 0.833. The van der Waals surface area contributed by atoms with Crippen LogP contribution in [-0.2, 0) is 17.8 Å². The van der Waals surface area contributed by atoms with Crippen molar-refractivity contribution in [2.24, 2.45) is 0 Å². The van der Waals surface area contributed by atoms with E-state index in [0.717, 1.165) is 44.3 Å². The molecule has 1 aromatic heterocycles. The van der Waals surface area contributed by atoms with Gasteiger partial charge in [-0.2, -0.15) is 0 Å². The summed E-state index contributed by atoms with van der Waals surface area (Å²) in [6, 6.07) is 2.18. The van der Waals surface area contributed by atoms with E-state index in [2.05, 4.69) is 30.3 Å². The number of hydrogen-bond donors (Lipinski definition) is 1. The normalized spacial score (nSPS) is 19.7. The van der Waals surface area contributed by atoms with Gasteiger partial charge in [-0.25, -0.2) is 0 Å². The van der Waals surface area contributed by atoms with Crippen molar-refractivity contribution >= 4 is 0 Å². The fourth-order valence-corrected chi connectivity index (χ4v) is 2.73. The number of hydrogen-bond acceptors (Lipinski definition) is 4. The molecule has 4 nitrogen and oxygen atoms in total. The lowest BCUT2D eigenvalue weighted by Crippen LogP contribution is -2.32. The number of rotatable bonds is 7. The maximum absolute atomic E-state index is 5.85. The Morgan fingerprint density at radius 1 is 1.40 bits per heavy atom. The van der Waals surface area contributed by atoms with E-state index in [1.54, 1.807) is 0 Å². The molecule has 2 heterocycles. The third-order valence-electron chi connectivity index (χ3n) is 3.85. The van der Waals surface area contributed by atoms with Crippen molar-refractivity contribution < 1.29 is 9.15 Å². The Labute approximate surface area is 122 Å². The zero-order valence-corrected chi connectivity index (χ0v) is 13.1. The van der Waals surface area contributed by atoms with Crippen molar-refractivity contribution in [1.82, 2.24) is 10.2 Å². The average molecular weight is 280 g/mol. The summed E-state index contributed by atoms with van der Waals surface area (Å²) >= 11 is 0. The zero-order valence-electron chi connectivity index (χ0n) is 13.1. The van der Waals surface area contributed by atoms with Crippen LogP contribution in [0.15, 0.2) is 10.5 Å². The molecule has 1 unspecified atom stereocenters. The summed E-state index contributed by atoms with van der Waals surface area (Å²) in [5, 5.41) is 3.34. The largest absolute Gasteiger partial charge is 0.465 e. The van der Waals surface area contributed by atoms with E-state index in [-0.39, 0.29) is 0 Å². The number of aryl methyl sites for hydroxylation is 1. The van der Waals surface area contributed by atoms with Crippen LogP contribution in [0.25, 0.3) is 0 Å². The minimum atomic E-state index is 0.394. The molecule has 0 aliphatic carbocycles. The van der Waals surface area contributed by atoms with Gasteiger partial charge < -0.3 is 14.5 Å². The highest BCUT2D eigenvalue weighted by atomic mass is 16.5. The van der Waals surface area contributed by atoms with Crippen LogP contribution in [0.4, 0.5) is 0 Å². The number of furan rings is 1. The average Bonchev–Trinajstić information content (AvgIpc) is 2.77. The Hall–Kier alpha value is -0.840. The summed E-state index contributed by atoms with van der Waals surface area (Å²) in [5.74, 6) is 2.08. The van der Waals surface area contributed by atoms with Crippen molar-refractivity contribution in [2.45, 2.75) is 52.3 Å². The lowest BCUT2D eigenvalue weighted by atomic mass is 10.1. The molecule has 4 heteroatoms. The van der Waals surface area contributed by atoms with Gasteiger partial charge in [-0.1, -0.05) is 6.92 Å². The van der Waals surface area contributed by atoms with Gasteiger partial charge in [0.15, 0.2) is 0 Å². The van der Waals surface area contributed by atoms with E-state index in [0.29, 0.717) is 6.10 Å². The van der Waals surface area contributed by atoms with Gasteiger partial charge in [0.1, 0.15) is 11.5 Å². The Balaban J connectivity index is 1.82. The maximum atomic E-state index is 5.85. The van der Waals surface area contributed by atoms with E-state index >= 15 is 0 Å². The fourth-order valence-electron chi connectivity index (χ4n) is 2.73. The van der Waals surface area contributed by atoms with Gasteiger partial charge in [0.25, 0.3) is 0 Å².